The molecule has 0 heterocycles. The first-order chi connectivity index (χ1) is 9.31. The molecule has 0 radical (unpaired) electrons. The fourth-order valence-electron chi connectivity index (χ4n) is 2.50. The molecule has 0 spiro atoms. The molecule has 2 aromatic carbocycles. The van der Waals surface area contributed by atoms with E-state index in [4.69, 9.17) is 0 Å². The normalized spacial score (nSPS) is 14.0. The lowest BCUT2D eigenvalue weighted by molar-refractivity contribution is 0.606. The molecule has 2 aromatic rings. The van der Waals surface area contributed by atoms with Crippen molar-refractivity contribution in [1.29, 1.82) is 0 Å². The van der Waals surface area contributed by atoms with Crippen LogP contribution in [0.25, 0.3) is 0 Å². The Labute approximate surface area is 125 Å². The van der Waals surface area contributed by atoms with Crippen LogP contribution in [0.2, 0.25) is 0 Å². The minimum atomic E-state index is 0.542. The Kier molecular flexibility index (Phi) is 5.65. The van der Waals surface area contributed by atoms with Gasteiger partial charge in [-0.25, -0.2) is 0 Å². The van der Waals surface area contributed by atoms with E-state index in [0.29, 0.717) is 10.7 Å². The maximum absolute atomic E-state index is 3.90. The van der Waals surface area contributed by atoms with Crippen LogP contribution in [-0.2, 0) is 6.42 Å². The molecular weight excluding hydrogens is 296 g/mol. The van der Waals surface area contributed by atoms with Crippen molar-refractivity contribution in [3.63, 3.8) is 0 Å². The number of hydrogen-bond donors (Lipinski definition) is 0. The van der Waals surface area contributed by atoms with Crippen LogP contribution in [-0.4, -0.2) is 4.83 Å². The van der Waals surface area contributed by atoms with Crippen LogP contribution in [0.3, 0.4) is 0 Å². The Morgan fingerprint density at radius 2 is 1.47 bits per heavy atom. The van der Waals surface area contributed by atoms with Gasteiger partial charge in [0.05, 0.1) is 0 Å². The summed E-state index contributed by atoms with van der Waals surface area (Å²) < 4.78 is 0. The zero-order chi connectivity index (χ0) is 13.5. The molecule has 0 N–H and O–H groups in total. The van der Waals surface area contributed by atoms with E-state index >= 15 is 0 Å². The maximum Gasteiger partial charge on any atom is 0.0217 e. The molecule has 0 bridgehead atoms. The van der Waals surface area contributed by atoms with E-state index in [-0.39, 0.29) is 0 Å². The van der Waals surface area contributed by atoms with E-state index in [1.165, 1.54) is 24.0 Å². The molecule has 0 amide bonds. The summed E-state index contributed by atoms with van der Waals surface area (Å²) in [6.45, 7) is 2.25. The summed E-state index contributed by atoms with van der Waals surface area (Å²) in [5.41, 5.74) is 2.85. The topological polar surface area (TPSA) is 0 Å². The predicted molar refractivity (Wildman–Crippen MR) is 87.0 cm³/mol. The smallest absolute Gasteiger partial charge is 0.0217 e. The number of rotatable bonds is 6. The number of hydrogen-bond acceptors (Lipinski definition) is 0. The van der Waals surface area contributed by atoms with Crippen molar-refractivity contribution in [3.05, 3.63) is 71.8 Å². The Hall–Kier alpha value is -1.08. The first-order valence-corrected chi connectivity index (χ1v) is 7.95. The molecule has 0 fully saturated rings. The lowest BCUT2D eigenvalue weighted by Gasteiger charge is -2.23. The lowest BCUT2D eigenvalue weighted by Crippen LogP contribution is -2.15. The van der Waals surface area contributed by atoms with Gasteiger partial charge in [0.2, 0.25) is 0 Å². The molecule has 2 unspecified atom stereocenters. The van der Waals surface area contributed by atoms with Gasteiger partial charge < -0.3 is 0 Å². The molecule has 19 heavy (non-hydrogen) atoms. The molecule has 0 aromatic heterocycles. The van der Waals surface area contributed by atoms with Crippen molar-refractivity contribution in [2.75, 3.05) is 0 Å². The summed E-state index contributed by atoms with van der Waals surface area (Å²) in [5, 5.41) is 0. The molecule has 1 heteroatoms. The second-order valence-electron chi connectivity index (χ2n) is 5.01. The van der Waals surface area contributed by atoms with Gasteiger partial charge in [-0.1, -0.05) is 89.9 Å². The van der Waals surface area contributed by atoms with Gasteiger partial charge >= 0.3 is 0 Å². The molecule has 0 saturated carbocycles. The van der Waals surface area contributed by atoms with E-state index in [0.717, 1.165) is 6.42 Å². The highest BCUT2D eigenvalue weighted by Gasteiger charge is 2.20. The summed E-state index contributed by atoms with van der Waals surface area (Å²) in [4.78, 5) is 0.542. The highest BCUT2D eigenvalue weighted by atomic mass is 79.9. The van der Waals surface area contributed by atoms with E-state index < -0.39 is 0 Å². The van der Waals surface area contributed by atoms with Crippen LogP contribution >= 0.6 is 15.9 Å². The quantitative estimate of drug-likeness (QED) is 0.610. The molecule has 0 aliphatic heterocycles. The molecule has 2 rings (SSSR count). The SMILES string of the molecule is CCCC(Br)C(Cc1ccccc1)c1ccccc1. The molecule has 0 saturated heterocycles. The highest BCUT2D eigenvalue weighted by Crippen LogP contribution is 2.31. The number of halogens is 1. The van der Waals surface area contributed by atoms with E-state index in [1.54, 1.807) is 0 Å². The Morgan fingerprint density at radius 3 is 2.05 bits per heavy atom. The summed E-state index contributed by atoms with van der Waals surface area (Å²) in [6.07, 6.45) is 3.53. The Bertz CT molecular complexity index is 464. The van der Waals surface area contributed by atoms with Gasteiger partial charge in [-0.05, 0) is 24.0 Å². The third-order valence-corrected chi connectivity index (χ3v) is 4.62. The minimum absolute atomic E-state index is 0.542. The molecule has 2 atom stereocenters. The number of benzene rings is 2. The summed E-state index contributed by atoms with van der Waals surface area (Å²) in [7, 11) is 0. The van der Waals surface area contributed by atoms with Crippen molar-refractivity contribution in [1.82, 2.24) is 0 Å². The molecular formula is C18H21Br. The van der Waals surface area contributed by atoms with E-state index in [1.807, 2.05) is 0 Å². The van der Waals surface area contributed by atoms with Crippen molar-refractivity contribution < 1.29 is 0 Å². The summed E-state index contributed by atoms with van der Waals surface area (Å²) >= 11 is 3.90. The Balaban J connectivity index is 2.20. The average Bonchev–Trinajstić information content (AvgIpc) is 2.47. The van der Waals surface area contributed by atoms with Gasteiger partial charge in [0, 0.05) is 10.7 Å². The highest BCUT2D eigenvalue weighted by molar-refractivity contribution is 9.09. The third-order valence-electron chi connectivity index (χ3n) is 3.53. The maximum atomic E-state index is 3.90. The second kappa shape index (κ2) is 7.49. The molecule has 100 valence electrons. The number of alkyl halides is 1. The second-order valence-corrected chi connectivity index (χ2v) is 6.19. The van der Waals surface area contributed by atoms with Gasteiger partial charge in [0.25, 0.3) is 0 Å². The zero-order valence-electron chi connectivity index (χ0n) is 11.4. The van der Waals surface area contributed by atoms with Crippen LogP contribution in [0.1, 0.15) is 36.8 Å². The van der Waals surface area contributed by atoms with Gasteiger partial charge in [-0.3, -0.25) is 0 Å². The minimum Gasteiger partial charge on any atom is -0.0884 e. The van der Waals surface area contributed by atoms with E-state index in [2.05, 4.69) is 83.5 Å². The van der Waals surface area contributed by atoms with Crippen LogP contribution in [0.5, 0.6) is 0 Å². The van der Waals surface area contributed by atoms with E-state index in [9.17, 15) is 0 Å². The molecule has 0 aliphatic carbocycles. The van der Waals surface area contributed by atoms with Crippen LogP contribution in [0.15, 0.2) is 60.7 Å². The third kappa shape index (κ3) is 4.21. The van der Waals surface area contributed by atoms with Gasteiger partial charge in [0.15, 0.2) is 0 Å². The van der Waals surface area contributed by atoms with Crippen molar-refractivity contribution in [3.8, 4) is 0 Å². The average molecular weight is 317 g/mol. The largest absolute Gasteiger partial charge is 0.0884 e. The van der Waals surface area contributed by atoms with Crippen molar-refractivity contribution in [2.45, 2.75) is 36.9 Å². The fourth-order valence-corrected chi connectivity index (χ4v) is 3.45. The van der Waals surface area contributed by atoms with Gasteiger partial charge in [-0.2, -0.15) is 0 Å². The summed E-state index contributed by atoms with van der Waals surface area (Å²) in [5.74, 6) is 0.545. The monoisotopic (exact) mass is 316 g/mol. The molecule has 0 aliphatic rings. The standard InChI is InChI=1S/C18H21Br/c1-2-9-18(19)17(16-12-7-4-8-13-16)14-15-10-5-3-6-11-15/h3-8,10-13,17-18H,2,9,14H2,1H3. The fraction of sp³-hybridized carbons (Fsp3) is 0.333. The predicted octanol–water partition coefficient (Wildman–Crippen LogP) is 5.58. The first-order valence-electron chi connectivity index (χ1n) is 7.04. The van der Waals surface area contributed by atoms with Crippen molar-refractivity contribution >= 4 is 15.9 Å². The van der Waals surface area contributed by atoms with Crippen LogP contribution < -0.4 is 0 Å². The van der Waals surface area contributed by atoms with Gasteiger partial charge in [0.1, 0.15) is 0 Å². The van der Waals surface area contributed by atoms with Gasteiger partial charge in [-0.15, -0.1) is 0 Å². The van der Waals surface area contributed by atoms with Crippen LogP contribution in [0, 0.1) is 0 Å². The Morgan fingerprint density at radius 1 is 0.895 bits per heavy atom. The lowest BCUT2D eigenvalue weighted by atomic mass is 9.88. The van der Waals surface area contributed by atoms with Crippen molar-refractivity contribution in [2.24, 2.45) is 0 Å². The zero-order valence-corrected chi connectivity index (χ0v) is 13.0. The molecule has 0 nitrogen and oxygen atoms in total. The summed E-state index contributed by atoms with van der Waals surface area (Å²) in [6, 6.07) is 21.6. The first kappa shape index (κ1) is 14.3. The van der Waals surface area contributed by atoms with Crippen LogP contribution in [0.4, 0.5) is 0 Å².